The Morgan fingerprint density at radius 3 is 1.80 bits per heavy atom. The van der Waals surface area contributed by atoms with Crippen LogP contribution in [0.3, 0.4) is 0 Å². The molecule has 1 unspecified atom stereocenters. The van der Waals surface area contributed by atoms with Crippen molar-refractivity contribution in [3.63, 3.8) is 0 Å². The van der Waals surface area contributed by atoms with Crippen molar-refractivity contribution in [3.05, 3.63) is 23.8 Å². The average Bonchev–Trinajstić information content (AvgIpc) is 2.84. The lowest BCUT2D eigenvalue weighted by Crippen LogP contribution is -2.59. The summed E-state index contributed by atoms with van der Waals surface area (Å²) < 4.78 is 31.5. The quantitative estimate of drug-likeness (QED) is 0.117. The van der Waals surface area contributed by atoms with E-state index in [0.717, 1.165) is 0 Å². The van der Waals surface area contributed by atoms with E-state index in [1.54, 1.807) is 41.5 Å². The summed E-state index contributed by atoms with van der Waals surface area (Å²) in [5.74, 6) is -1.88. The van der Waals surface area contributed by atoms with Crippen molar-refractivity contribution in [2.75, 3.05) is 6.61 Å². The fourth-order valence-corrected chi connectivity index (χ4v) is 3.02. The number of ether oxygens (including phenoxy) is 6. The van der Waals surface area contributed by atoms with Crippen LogP contribution in [0.15, 0.2) is 18.2 Å². The summed E-state index contributed by atoms with van der Waals surface area (Å²) in [4.78, 5) is 49.7. The van der Waals surface area contributed by atoms with Crippen LogP contribution in [0.1, 0.15) is 87.1 Å². The molecule has 40 heavy (non-hydrogen) atoms. The number of nitrogens with one attached hydrogen (secondary N) is 1. The van der Waals surface area contributed by atoms with Gasteiger partial charge in [-0.3, -0.25) is 5.32 Å². The molecule has 0 saturated carbocycles. The first-order valence-electron chi connectivity index (χ1n) is 13.3. The number of carbonyl (C=O) groups excluding carboxylic acids is 3. The van der Waals surface area contributed by atoms with Gasteiger partial charge in [0.05, 0.1) is 6.61 Å². The largest absolute Gasteiger partial charge is 0.514 e. The van der Waals surface area contributed by atoms with Gasteiger partial charge in [-0.1, -0.05) is 26.8 Å². The molecule has 0 bridgehead atoms. The lowest BCUT2D eigenvalue weighted by Gasteiger charge is -2.32. The lowest BCUT2D eigenvalue weighted by molar-refractivity contribution is -0.166. The van der Waals surface area contributed by atoms with Crippen LogP contribution in [-0.4, -0.2) is 59.1 Å². The van der Waals surface area contributed by atoms with Crippen molar-refractivity contribution in [1.29, 1.82) is 0 Å². The van der Waals surface area contributed by atoms with Crippen LogP contribution in [0.5, 0.6) is 11.5 Å². The Labute approximate surface area is 235 Å². The van der Waals surface area contributed by atoms with Gasteiger partial charge in [0.1, 0.15) is 11.2 Å². The van der Waals surface area contributed by atoms with Crippen LogP contribution in [-0.2, 0) is 30.2 Å². The van der Waals surface area contributed by atoms with Gasteiger partial charge in [0.15, 0.2) is 11.5 Å². The molecule has 0 aromatic heterocycles. The smallest absolute Gasteiger partial charge is 0.477 e. The summed E-state index contributed by atoms with van der Waals surface area (Å²) in [6.07, 6.45) is -2.13. The van der Waals surface area contributed by atoms with Gasteiger partial charge in [-0.25, -0.2) is 19.2 Å². The summed E-state index contributed by atoms with van der Waals surface area (Å²) in [7, 11) is 0. The van der Waals surface area contributed by atoms with Gasteiger partial charge in [0.2, 0.25) is 0 Å². The molecular weight excluding hydrogens is 526 g/mol. The number of benzene rings is 1. The third-order valence-corrected chi connectivity index (χ3v) is 6.23. The van der Waals surface area contributed by atoms with Crippen molar-refractivity contribution < 1.29 is 52.7 Å². The third-order valence-electron chi connectivity index (χ3n) is 6.23. The Bertz CT molecular complexity index is 1040. The van der Waals surface area contributed by atoms with Gasteiger partial charge in [0, 0.05) is 12.5 Å². The SMILES string of the molecule is CCOC(=O)O[C@](Cc1ccc(OC(=O)OC(C)(C)CC)c(OC(=O)OC(C)(C)CC)c1)(NC(C)CC)C(=O)O. The lowest BCUT2D eigenvalue weighted by atomic mass is 10.00. The normalized spacial score (nSPS) is 13.8. The van der Waals surface area contributed by atoms with E-state index in [2.05, 4.69) is 5.32 Å². The zero-order valence-corrected chi connectivity index (χ0v) is 24.9. The van der Waals surface area contributed by atoms with E-state index in [4.69, 9.17) is 28.4 Å². The van der Waals surface area contributed by atoms with E-state index in [0.29, 0.717) is 19.3 Å². The van der Waals surface area contributed by atoms with Crippen LogP contribution in [0.25, 0.3) is 0 Å². The minimum absolute atomic E-state index is 0.0248. The fourth-order valence-electron chi connectivity index (χ4n) is 3.02. The molecule has 1 aromatic rings. The highest BCUT2D eigenvalue weighted by molar-refractivity contribution is 5.80. The van der Waals surface area contributed by atoms with Crippen LogP contribution in [0.2, 0.25) is 0 Å². The monoisotopic (exact) mass is 569 g/mol. The van der Waals surface area contributed by atoms with E-state index < -0.39 is 47.8 Å². The Morgan fingerprint density at radius 1 is 0.825 bits per heavy atom. The maximum Gasteiger partial charge on any atom is 0.514 e. The highest BCUT2D eigenvalue weighted by Gasteiger charge is 2.45. The van der Waals surface area contributed by atoms with Crippen LogP contribution in [0, 0.1) is 0 Å². The van der Waals surface area contributed by atoms with Gasteiger partial charge in [0.25, 0.3) is 5.72 Å². The highest BCUT2D eigenvalue weighted by Crippen LogP contribution is 2.32. The molecule has 1 aromatic carbocycles. The molecule has 1 rings (SSSR count). The van der Waals surface area contributed by atoms with E-state index in [-0.39, 0.29) is 29.7 Å². The molecule has 0 amide bonds. The fraction of sp³-hybridized carbons (Fsp3) is 0.643. The molecule has 0 aliphatic carbocycles. The maximum atomic E-state index is 12.6. The molecule has 2 atom stereocenters. The molecule has 2 N–H and O–H groups in total. The average molecular weight is 570 g/mol. The number of hydrogen-bond acceptors (Lipinski definition) is 11. The Hall–Kier alpha value is -3.54. The Balaban J connectivity index is 3.51. The van der Waals surface area contributed by atoms with Gasteiger partial charge in [-0.05, 0) is 78.5 Å². The molecule has 0 saturated heterocycles. The number of hydrogen-bond donors (Lipinski definition) is 2. The summed E-state index contributed by atoms with van der Waals surface area (Å²) in [6, 6.07) is 3.67. The number of carboxylic acids is 1. The second kappa shape index (κ2) is 14.7. The third kappa shape index (κ3) is 10.9. The molecule has 226 valence electrons. The first kappa shape index (κ1) is 34.5. The predicted molar refractivity (Wildman–Crippen MR) is 144 cm³/mol. The van der Waals surface area contributed by atoms with Crippen molar-refractivity contribution in [3.8, 4) is 11.5 Å². The zero-order chi connectivity index (χ0) is 30.7. The minimum Gasteiger partial charge on any atom is -0.477 e. The molecule has 12 heteroatoms. The van der Waals surface area contributed by atoms with Crippen molar-refractivity contribution in [2.24, 2.45) is 0 Å². The maximum absolute atomic E-state index is 12.6. The van der Waals surface area contributed by atoms with Gasteiger partial charge >= 0.3 is 24.4 Å². The summed E-state index contributed by atoms with van der Waals surface area (Å²) in [5.41, 5.74) is -3.62. The van der Waals surface area contributed by atoms with Crippen molar-refractivity contribution in [1.82, 2.24) is 5.32 Å². The van der Waals surface area contributed by atoms with Crippen molar-refractivity contribution >= 4 is 24.4 Å². The van der Waals surface area contributed by atoms with E-state index >= 15 is 0 Å². The van der Waals surface area contributed by atoms with Crippen LogP contribution < -0.4 is 14.8 Å². The summed E-state index contributed by atoms with van der Waals surface area (Å²) in [5, 5.41) is 13.0. The molecule has 0 spiro atoms. The van der Waals surface area contributed by atoms with Gasteiger partial charge in [-0.2, -0.15) is 0 Å². The van der Waals surface area contributed by atoms with E-state index in [1.807, 2.05) is 20.8 Å². The molecule has 0 heterocycles. The Morgan fingerprint density at radius 2 is 1.35 bits per heavy atom. The molecule has 0 aliphatic rings. The van der Waals surface area contributed by atoms with Gasteiger partial charge in [-0.15, -0.1) is 0 Å². The van der Waals surface area contributed by atoms with E-state index in [9.17, 15) is 24.3 Å². The standard InChI is InChI=1S/C28H43NO11/c1-10-18(5)29-28(22(30)31,40-23(32)35-13-4)17-19-14-15-20(36-24(33)38-26(6,7)11-2)21(16-19)37-25(34)39-27(8,9)12-3/h14-16,18,29H,10-13,17H2,1-9H3,(H,30,31)/t18?,28-/m0/s1. The number of aliphatic carboxylic acids is 1. The number of carboxylic acid groups (broad SMARTS) is 1. The first-order valence-corrected chi connectivity index (χ1v) is 13.3. The molecule has 0 aliphatic heterocycles. The number of rotatable bonds is 14. The van der Waals surface area contributed by atoms with Crippen molar-refractivity contribution in [2.45, 2.75) is 111 Å². The molecule has 12 nitrogen and oxygen atoms in total. The second-order valence-electron chi connectivity index (χ2n) is 10.5. The molecular formula is C28H43NO11. The molecule has 0 fully saturated rings. The van der Waals surface area contributed by atoms with Crippen LogP contribution in [0.4, 0.5) is 14.4 Å². The minimum atomic E-state index is -2.23. The predicted octanol–water partition coefficient (Wildman–Crippen LogP) is 5.98. The summed E-state index contributed by atoms with van der Waals surface area (Å²) in [6.45, 7) is 15.6. The molecule has 0 radical (unpaired) electrons. The van der Waals surface area contributed by atoms with Crippen LogP contribution >= 0.6 is 0 Å². The number of carbonyl (C=O) groups is 4. The summed E-state index contributed by atoms with van der Waals surface area (Å²) >= 11 is 0. The first-order chi connectivity index (χ1) is 18.5. The van der Waals surface area contributed by atoms with Gasteiger partial charge < -0.3 is 33.5 Å². The topological polar surface area (TPSA) is 156 Å². The Kier molecular flexibility index (Phi) is 12.7. The second-order valence-corrected chi connectivity index (χ2v) is 10.5. The zero-order valence-electron chi connectivity index (χ0n) is 24.9. The highest BCUT2D eigenvalue weighted by atomic mass is 16.8. The van der Waals surface area contributed by atoms with E-state index in [1.165, 1.54) is 18.2 Å².